The highest BCUT2D eigenvalue weighted by atomic mass is 16.5. The molecule has 0 radical (unpaired) electrons. The van der Waals surface area contributed by atoms with E-state index in [-0.39, 0.29) is 6.61 Å². The van der Waals surface area contributed by atoms with Crippen LogP contribution in [0.3, 0.4) is 0 Å². The van der Waals surface area contributed by atoms with Crippen LogP contribution >= 0.6 is 0 Å². The summed E-state index contributed by atoms with van der Waals surface area (Å²) in [5.41, 5.74) is 16.6. The zero-order chi connectivity index (χ0) is 22.8. The van der Waals surface area contributed by atoms with Crippen molar-refractivity contribution < 1.29 is 29.3 Å². The van der Waals surface area contributed by atoms with Crippen molar-refractivity contribution >= 4 is 18.0 Å². The number of aliphatic carboxylic acids is 2. The van der Waals surface area contributed by atoms with Crippen molar-refractivity contribution in [2.45, 2.75) is 57.2 Å². The van der Waals surface area contributed by atoms with Crippen LogP contribution < -0.4 is 22.5 Å². The van der Waals surface area contributed by atoms with Crippen LogP contribution in [0, 0.1) is 0 Å². The Morgan fingerprint density at radius 1 is 0.900 bits per heavy atom. The number of benzene rings is 1. The minimum absolute atomic E-state index is 0.113. The fourth-order valence-electron chi connectivity index (χ4n) is 2.29. The molecule has 1 aromatic rings. The number of hydrogen-bond donors (Lipinski definition) is 6. The number of alkyl carbamates (subject to hydrolysis) is 1. The molecule has 0 aliphatic carbocycles. The molecule has 170 valence electrons. The monoisotopic (exact) mass is 426 g/mol. The van der Waals surface area contributed by atoms with E-state index >= 15 is 0 Å². The third kappa shape index (κ3) is 14.3. The first-order valence-corrected chi connectivity index (χ1v) is 9.90. The van der Waals surface area contributed by atoms with E-state index in [2.05, 4.69) is 5.32 Å². The van der Waals surface area contributed by atoms with Crippen LogP contribution in [0.2, 0.25) is 0 Å². The van der Waals surface area contributed by atoms with Crippen molar-refractivity contribution in [1.29, 1.82) is 0 Å². The van der Waals surface area contributed by atoms with Gasteiger partial charge >= 0.3 is 18.0 Å². The number of carbonyl (C=O) groups excluding carboxylic acids is 1. The van der Waals surface area contributed by atoms with Gasteiger partial charge in [0.05, 0.1) is 0 Å². The number of nitrogens with one attached hydrogen (secondary N) is 1. The van der Waals surface area contributed by atoms with E-state index in [1.807, 2.05) is 30.3 Å². The highest BCUT2D eigenvalue weighted by molar-refractivity contribution is 5.79. The van der Waals surface area contributed by atoms with Crippen LogP contribution in [0.4, 0.5) is 4.79 Å². The van der Waals surface area contributed by atoms with E-state index in [4.69, 9.17) is 32.2 Å². The van der Waals surface area contributed by atoms with E-state index in [9.17, 15) is 14.4 Å². The predicted molar refractivity (Wildman–Crippen MR) is 113 cm³/mol. The fraction of sp³-hybridized carbons (Fsp3) is 0.550. The first-order chi connectivity index (χ1) is 14.3. The minimum atomic E-state index is -1.07. The number of carbonyl (C=O) groups is 3. The lowest BCUT2D eigenvalue weighted by Gasteiger charge is -2.14. The van der Waals surface area contributed by atoms with E-state index in [1.54, 1.807) is 0 Å². The number of carboxylic acids is 2. The summed E-state index contributed by atoms with van der Waals surface area (Å²) in [7, 11) is 0. The summed E-state index contributed by atoms with van der Waals surface area (Å²) >= 11 is 0. The Bertz CT molecular complexity index is 615. The second-order valence-electron chi connectivity index (χ2n) is 6.61. The van der Waals surface area contributed by atoms with Gasteiger partial charge in [-0.2, -0.15) is 0 Å². The maximum absolute atomic E-state index is 11.5. The number of unbranched alkanes of at least 4 members (excludes halogenated alkanes) is 2. The predicted octanol–water partition coefficient (Wildman–Crippen LogP) is 1.02. The summed E-state index contributed by atoms with van der Waals surface area (Å²) in [5, 5.41) is 19.7. The van der Waals surface area contributed by atoms with Gasteiger partial charge in [0.25, 0.3) is 0 Å². The van der Waals surface area contributed by atoms with E-state index in [0.717, 1.165) is 24.8 Å². The second-order valence-corrected chi connectivity index (χ2v) is 6.61. The van der Waals surface area contributed by atoms with E-state index in [1.165, 1.54) is 0 Å². The molecule has 10 heteroatoms. The topological polar surface area (TPSA) is 191 Å². The van der Waals surface area contributed by atoms with Crippen LogP contribution in [-0.4, -0.2) is 53.4 Å². The molecule has 9 N–H and O–H groups in total. The largest absolute Gasteiger partial charge is 0.480 e. The lowest BCUT2D eigenvalue weighted by molar-refractivity contribution is -0.140. The summed E-state index contributed by atoms with van der Waals surface area (Å²) < 4.78 is 4.98. The van der Waals surface area contributed by atoms with Crippen LogP contribution in [0.1, 0.15) is 44.1 Å². The molecule has 0 aliphatic rings. The molecule has 0 heterocycles. The number of hydrogen-bond acceptors (Lipinski definition) is 7. The van der Waals surface area contributed by atoms with Gasteiger partial charge < -0.3 is 37.5 Å². The molecule has 1 rings (SSSR count). The van der Waals surface area contributed by atoms with E-state index in [0.29, 0.717) is 32.4 Å². The Balaban J connectivity index is 0.000000710. The van der Waals surface area contributed by atoms with Crippen LogP contribution in [-0.2, 0) is 20.9 Å². The summed E-state index contributed by atoms with van der Waals surface area (Å²) in [6.07, 6.45) is 3.15. The van der Waals surface area contributed by atoms with Crippen molar-refractivity contribution in [3.05, 3.63) is 35.9 Å². The molecule has 0 aliphatic heterocycles. The Morgan fingerprint density at radius 3 is 1.97 bits per heavy atom. The molecule has 0 saturated heterocycles. The van der Waals surface area contributed by atoms with Crippen LogP contribution in [0.15, 0.2) is 30.3 Å². The van der Waals surface area contributed by atoms with Gasteiger partial charge in [-0.15, -0.1) is 0 Å². The van der Waals surface area contributed by atoms with Gasteiger partial charge in [0, 0.05) is 0 Å². The maximum Gasteiger partial charge on any atom is 0.408 e. The van der Waals surface area contributed by atoms with Crippen molar-refractivity contribution in [3.63, 3.8) is 0 Å². The van der Waals surface area contributed by atoms with Crippen molar-refractivity contribution in [3.8, 4) is 0 Å². The third-order valence-corrected chi connectivity index (χ3v) is 4.04. The number of rotatable bonds is 13. The highest BCUT2D eigenvalue weighted by Gasteiger charge is 2.20. The second kappa shape index (κ2) is 17.2. The fourth-order valence-corrected chi connectivity index (χ4v) is 2.29. The molecule has 0 unspecified atom stereocenters. The Labute approximate surface area is 176 Å². The molecular weight excluding hydrogens is 392 g/mol. The standard InChI is InChI=1S/C14H20N2O4.C6H14N2O2/c15-9-5-4-8-12(13(17)18)16-14(19)20-10-11-6-2-1-3-7-11;7-4-2-1-3-5(8)6(9)10/h1-3,6-7,12H,4-5,8-10,15H2,(H,16,19)(H,17,18);5H,1-4,7-8H2,(H,9,10)/t12-;5-/m00/s1. The molecule has 1 aromatic carbocycles. The van der Waals surface area contributed by atoms with E-state index < -0.39 is 30.1 Å². The van der Waals surface area contributed by atoms with Gasteiger partial charge in [0.1, 0.15) is 18.7 Å². The molecule has 0 bridgehead atoms. The van der Waals surface area contributed by atoms with Gasteiger partial charge in [-0.05, 0) is 50.8 Å². The number of ether oxygens (including phenoxy) is 1. The van der Waals surface area contributed by atoms with Crippen LogP contribution in [0.25, 0.3) is 0 Å². The molecule has 0 fully saturated rings. The molecular formula is C20H34N4O6. The van der Waals surface area contributed by atoms with Gasteiger partial charge in [-0.1, -0.05) is 36.8 Å². The van der Waals surface area contributed by atoms with Crippen molar-refractivity contribution in [2.75, 3.05) is 13.1 Å². The Morgan fingerprint density at radius 2 is 1.47 bits per heavy atom. The van der Waals surface area contributed by atoms with Crippen molar-refractivity contribution in [2.24, 2.45) is 17.2 Å². The highest BCUT2D eigenvalue weighted by Crippen LogP contribution is 2.03. The third-order valence-electron chi connectivity index (χ3n) is 4.04. The summed E-state index contributed by atoms with van der Waals surface area (Å²) in [4.78, 5) is 32.7. The quantitative estimate of drug-likeness (QED) is 0.250. The van der Waals surface area contributed by atoms with Crippen LogP contribution in [0.5, 0.6) is 0 Å². The molecule has 10 nitrogen and oxygen atoms in total. The average molecular weight is 427 g/mol. The summed E-state index contributed by atoms with van der Waals surface area (Å²) in [6, 6.07) is 7.53. The molecule has 30 heavy (non-hydrogen) atoms. The Hall–Kier alpha value is -2.69. The number of carboxylic acid groups (broad SMARTS) is 2. The number of nitrogens with two attached hydrogens (primary N) is 3. The lowest BCUT2D eigenvalue weighted by atomic mass is 10.1. The smallest absolute Gasteiger partial charge is 0.408 e. The first-order valence-electron chi connectivity index (χ1n) is 9.90. The normalized spacial score (nSPS) is 12.1. The lowest BCUT2D eigenvalue weighted by Crippen LogP contribution is -2.41. The zero-order valence-corrected chi connectivity index (χ0v) is 17.2. The summed E-state index contributed by atoms with van der Waals surface area (Å²) in [6.45, 7) is 1.22. The summed E-state index contributed by atoms with van der Waals surface area (Å²) in [5.74, 6) is -2.00. The van der Waals surface area contributed by atoms with Gasteiger partial charge in [0.15, 0.2) is 0 Å². The molecule has 1 amide bonds. The SMILES string of the molecule is NCCCC[C@H](N)C(=O)O.NCCCC[C@H](NC(=O)OCc1ccccc1)C(=O)O. The molecule has 0 saturated carbocycles. The minimum Gasteiger partial charge on any atom is -0.480 e. The average Bonchev–Trinajstić information content (AvgIpc) is 2.72. The molecule has 0 spiro atoms. The Kier molecular flexibility index (Phi) is 15.7. The zero-order valence-electron chi connectivity index (χ0n) is 17.2. The first kappa shape index (κ1) is 27.3. The molecule has 2 atom stereocenters. The van der Waals surface area contributed by atoms with Gasteiger partial charge in [0.2, 0.25) is 0 Å². The number of amides is 1. The molecule has 0 aromatic heterocycles. The van der Waals surface area contributed by atoms with Gasteiger partial charge in [-0.25, -0.2) is 9.59 Å². The van der Waals surface area contributed by atoms with Crippen molar-refractivity contribution in [1.82, 2.24) is 5.32 Å². The van der Waals surface area contributed by atoms with Gasteiger partial charge in [-0.3, -0.25) is 4.79 Å². The maximum atomic E-state index is 11.5.